The van der Waals surface area contributed by atoms with Gasteiger partial charge in [-0.2, -0.15) is 0 Å². The molecule has 0 aliphatic heterocycles. The summed E-state index contributed by atoms with van der Waals surface area (Å²) in [4.78, 5) is 12.2. The topological polar surface area (TPSA) is 49.3 Å². The van der Waals surface area contributed by atoms with Gasteiger partial charge in [-0.3, -0.25) is 4.79 Å². The third-order valence-corrected chi connectivity index (χ3v) is 3.52. The summed E-state index contributed by atoms with van der Waals surface area (Å²) in [5.41, 5.74) is 2.03. The molecule has 1 atom stereocenters. The Bertz CT molecular complexity index is 623. The van der Waals surface area contributed by atoms with E-state index in [2.05, 4.69) is 5.32 Å². The van der Waals surface area contributed by atoms with Gasteiger partial charge in [-0.15, -0.1) is 0 Å². The van der Waals surface area contributed by atoms with E-state index in [1.165, 1.54) is 0 Å². The van der Waals surface area contributed by atoms with E-state index in [1.54, 1.807) is 37.3 Å². The predicted molar refractivity (Wildman–Crippen MR) is 80.2 cm³/mol. The van der Waals surface area contributed by atoms with Gasteiger partial charge >= 0.3 is 0 Å². The smallest absolute Gasteiger partial charge is 0.252 e. The highest BCUT2D eigenvalue weighted by atomic mass is 35.5. The molecule has 4 heteroatoms. The van der Waals surface area contributed by atoms with Crippen molar-refractivity contribution in [3.8, 4) is 5.75 Å². The molecule has 0 radical (unpaired) electrons. The minimum atomic E-state index is -0.208. The molecule has 2 rings (SSSR count). The quantitative estimate of drug-likeness (QED) is 0.902. The Morgan fingerprint density at radius 3 is 2.50 bits per heavy atom. The van der Waals surface area contributed by atoms with Gasteiger partial charge in [0.05, 0.1) is 6.04 Å². The van der Waals surface area contributed by atoms with Gasteiger partial charge in [-0.1, -0.05) is 29.8 Å². The number of hydrogen-bond donors (Lipinski definition) is 2. The number of halogens is 1. The summed E-state index contributed by atoms with van der Waals surface area (Å²) < 4.78 is 0. The zero-order valence-corrected chi connectivity index (χ0v) is 12.1. The van der Waals surface area contributed by atoms with Gasteiger partial charge < -0.3 is 10.4 Å². The maximum atomic E-state index is 12.2. The lowest BCUT2D eigenvalue weighted by Crippen LogP contribution is -2.27. The monoisotopic (exact) mass is 289 g/mol. The number of benzene rings is 2. The van der Waals surface area contributed by atoms with Crippen LogP contribution in [-0.2, 0) is 0 Å². The first kappa shape index (κ1) is 14.4. The average Bonchev–Trinajstić information content (AvgIpc) is 2.42. The van der Waals surface area contributed by atoms with Crippen LogP contribution in [0.3, 0.4) is 0 Å². The average molecular weight is 290 g/mol. The summed E-state index contributed by atoms with van der Waals surface area (Å²) in [5.74, 6) is -0.0855. The van der Waals surface area contributed by atoms with Gasteiger partial charge in [0.1, 0.15) is 5.75 Å². The van der Waals surface area contributed by atoms with Gasteiger partial charge in [-0.05, 0) is 43.7 Å². The van der Waals surface area contributed by atoms with Crippen LogP contribution in [-0.4, -0.2) is 11.0 Å². The number of hydrogen-bond acceptors (Lipinski definition) is 2. The molecule has 2 aromatic carbocycles. The van der Waals surface area contributed by atoms with Crippen LogP contribution in [0.5, 0.6) is 5.75 Å². The Morgan fingerprint density at radius 2 is 1.85 bits per heavy atom. The Hall–Kier alpha value is -2.00. The summed E-state index contributed by atoms with van der Waals surface area (Å²) >= 11 is 5.84. The van der Waals surface area contributed by atoms with Crippen LogP contribution in [0.15, 0.2) is 42.5 Å². The molecule has 1 unspecified atom stereocenters. The molecule has 0 saturated heterocycles. The van der Waals surface area contributed by atoms with E-state index in [9.17, 15) is 9.90 Å². The van der Waals surface area contributed by atoms with Gasteiger partial charge in [0.25, 0.3) is 5.91 Å². The zero-order chi connectivity index (χ0) is 14.7. The first-order valence-corrected chi connectivity index (χ1v) is 6.71. The molecule has 2 aromatic rings. The molecule has 0 bridgehead atoms. The molecule has 1 amide bonds. The number of nitrogens with one attached hydrogen (secondary N) is 1. The van der Waals surface area contributed by atoms with E-state index in [0.717, 1.165) is 5.56 Å². The number of phenols is 1. The molecule has 0 aliphatic carbocycles. The van der Waals surface area contributed by atoms with Crippen molar-refractivity contribution >= 4 is 17.5 Å². The summed E-state index contributed by atoms with van der Waals surface area (Å²) in [6, 6.07) is 12.1. The van der Waals surface area contributed by atoms with Crippen molar-refractivity contribution in [3.63, 3.8) is 0 Å². The fourth-order valence-corrected chi connectivity index (χ4v) is 2.10. The zero-order valence-electron chi connectivity index (χ0n) is 11.4. The Balaban J connectivity index is 2.15. The molecule has 3 nitrogen and oxygen atoms in total. The summed E-state index contributed by atoms with van der Waals surface area (Å²) in [6.07, 6.45) is 0. The number of carbonyl (C=O) groups excluding carboxylic acids is 1. The number of phenolic OH excluding ortho intramolecular Hbond substituents is 1. The number of aromatic hydroxyl groups is 1. The van der Waals surface area contributed by atoms with Gasteiger partial charge in [0, 0.05) is 16.1 Å². The van der Waals surface area contributed by atoms with Crippen LogP contribution < -0.4 is 5.32 Å². The van der Waals surface area contributed by atoms with Crippen molar-refractivity contribution in [3.05, 3.63) is 64.2 Å². The van der Waals surface area contributed by atoms with Gasteiger partial charge in [0.2, 0.25) is 0 Å². The summed E-state index contributed by atoms with van der Waals surface area (Å²) in [6.45, 7) is 3.62. The molecule has 0 aliphatic rings. The third kappa shape index (κ3) is 3.11. The lowest BCUT2D eigenvalue weighted by molar-refractivity contribution is 0.0939. The van der Waals surface area contributed by atoms with Crippen molar-refractivity contribution in [1.82, 2.24) is 5.32 Å². The molecule has 20 heavy (non-hydrogen) atoms. The highest BCUT2D eigenvalue weighted by Crippen LogP contribution is 2.21. The Kier molecular flexibility index (Phi) is 4.30. The van der Waals surface area contributed by atoms with E-state index in [0.29, 0.717) is 16.1 Å². The minimum absolute atomic E-state index is 0.122. The molecule has 0 aromatic heterocycles. The summed E-state index contributed by atoms with van der Waals surface area (Å²) in [7, 11) is 0. The maximum absolute atomic E-state index is 12.2. The highest BCUT2D eigenvalue weighted by Gasteiger charge is 2.14. The minimum Gasteiger partial charge on any atom is -0.508 e. The molecule has 0 heterocycles. The van der Waals surface area contributed by atoms with Crippen molar-refractivity contribution < 1.29 is 9.90 Å². The normalized spacial score (nSPS) is 11.9. The van der Waals surface area contributed by atoms with Crippen molar-refractivity contribution in [2.24, 2.45) is 0 Å². The van der Waals surface area contributed by atoms with E-state index in [-0.39, 0.29) is 17.7 Å². The maximum Gasteiger partial charge on any atom is 0.252 e. The fourth-order valence-electron chi connectivity index (χ4n) is 1.98. The first-order chi connectivity index (χ1) is 9.49. The second-order valence-electron chi connectivity index (χ2n) is 4.70. The SMILES string of the molecule is Cc1c(O)cccc1C(=O)NC(C)c1ccc(Cl)cc1. The van der Waals surface area contributed by atoms with Gasteiger partial charge in [-0.25, -0.2) is 0 Å². The van der Waals surface area contributed by atoms with Crippen molar-refractivity contribution in [1.29, 1.82) is 0 Å². The Morgan fingerprint density at radius 1 is 1.20 bits per heavy atom. The lowest BCUT2D eigenvalue weighted by atomic mass is 10.1. The molecule has 0 fully saturated rings. The van der Waals surface area contributed by atoms with Crippen molar-refractivity contribution in [2.75, 3.05) is 0 Å². The first-order valence-electron chi connectivity index (χ1n) is 6.34. The number of rotatable bonds is 3. The molecule has 104 valence electrons. The Labute approximate surface area is 123 Å². The molecular formula is C16H16ClNO2. The summed E-state index contributed by atoms with van der Waals surface area (Å²) in [5, 5.41) is 13.2. The number of carbonyl (C=O) groups is 1. The molecule has 2 N–H and O–H groups in total. The van der Waals surface area contributed by atoms with Crippen LogP contribution in [0.2, 0.25) is 5.02 Å². The fraction of sp³-hybridized carbons (Fsp3) is 0.188. The van der Waals surface area contributed by atoms with Crippen LogP contribution in [0, 0.1) is 6.92 Å². The van der Waals surface area contributed by atoms with Crippen LogP contribution in [0.4, 0.5) is 0 Å². The largest absolute Gasteiger partial charge is 0.508 e. The van der Waals surface area contributed by atoms with Crippen LogP contribution in [0.25, 0.3) is 0 Å². The molecule has 0 spiro atoms. The third-order valence-electron chi connectivity index (χ3n) is 3.27. The molecule has 0 saturated carbocycles. The number of amides is 1. The van der Waals surface area contributed by atoms with E-state index in [1.807, 2.05) is 19.1 Å². The highest BCUT2D eigenvalue weighted by molar-refractivity contribution is 6.30. The molecular weight excluding hydrogens is 274 g/mol. The second kappa shape index (κ2) is 5.97. The van der Waals surface area contributed by atoms with E-state index in [4.69, 9.17) is 11.6 Å². The lowest BCUT2D eigenvalue weighted by Gasteiger charge is -2.15. The second-order valence-corrected chi connectivity index (χ2v) is 5.13. The van der Waals surface area contributed by atoms with Crippen LogP contribution in [0.1, 0.15) is 34.5 Å². The van der Waals surface area contributed by atoms with E-state index >= 15 is 0 Å². The predicted octanol–water partition coefficient (Wildman–Crippen LogP) is 3.85. The van der Waals surface area contributed by atoms with Gasteiger partial charge in [0.15, 0.2) is 0 Å². The van der Waals surface area contributed by atoms with Crippen LogP contribution >= 0.6 is 11.6 Å². The van der Waals surface area contributed by atoms with Crippen molar-refractivity contribution in [2.45, 2.75) is 19.9 Å². The van der Waals surface area contributed by atoms with E-state index < -0.39 is 0 Å². The standard InChI is InChI=1S/C16H16ClNO2/c1-10-14(4-3-5-15(10)19)16(20)18-11(2)12-6-8-13(17)9-7-12/h3-9,11,19H,1-2H3,(H,18,20).